The fraction of sp³-hybridized carbons (Fsp3) is 0.0833. The third-order valence-corrected chi connectivity index (χ3v) is 2.59. The van der Waals surface area contributed by atoms with Crippen molar-refractivity contribution < 1.29 is 19.0 Å². The Morgan fingerprint density at radius 2 is 2.11 bits per heavy atom. The lowest BCUT2D eigenvalue weighted by Crippen LogP contribution is -2.24. The maximum atomic E-state index is 11.3. The van der Waals surface area contributed by atoms with Gasteiger partial charge in [0.05, 0.1) is 23.3 Å². The van der Waals surface area contributed by atoms with Crippen molar-refractivity contribution in [3.63, 3.8) is 0 Å². The van der Waals surface area contributed by atoms with Crippen LogP contribution in [0, 0.1) is 5.21 Å². The standard InChI is InChI=1S/C12H9BrN2O4/c1-18-12(16)8-2-10(5-14-4-8)19-11-3-9(13)6-15(17)7-11/h2-7H,1H3. The Hall–Kier alpha value is -2.15. The summed E-state index contributed by atoms with van der Waals surface area (Å²) in [5.74, 6) is 0.153. The second kappa shape index (κ2) is 5.66. The first-order chi connectivity index (χ1) is 9.08. The molecule has 19 heavy (non-hydrogen) atoms. The smallest absolute Gasteiger partial charge is 0.339 e. The molecule has 0 saturated heterocycles. The Morgan fingerprint density at radius 3 is 2.79 bits per heavy atom. The summed E-state index contributed by atoms with van der Waals surface area (Å²) in [7, 11) is 1.28. The topological polar surface area (TPSA) is 75.4 Å². The average molecular weight is 325 g/mol. The molecule has 7 heteroatoms. The van der Waals surface area contributed by atoms with Gasteiger partial charge in [-0.15, -0.1) is 0 Å². The van der Waals surface area contributed by atoms with E-state index < -0.39 is 5.97 Å². The van der Waals surface area contributed by atoms with E-state index in [2.05, 4.69) is 25.7 Å². The molecule has 2 aromatic heterocycles. The molecule has 98 valence electrons. The molecule has 0 spiro atoms. The number of hydrogen-bond acceptors (Lipinski definition) is 5. The molecule has 0 bridgehead atoms. The molecule has 2 heterocycles. The van der Waals surface area contributed by atoms with E-state index in [9.17, 15) is 10.0 Å². The molecule has 0 aliphatic rings. The SMILES string of the molecule is COC(=O)c1cncc(Oc2cc(Br)c[n+]([O-])c2)c1. The number of rotatable bonds is 3. The minimum atomic E-state index is -0.508. The number of nitrogens with zero attached hydrogens (tertiary/aromatic N) is 2. The Labute approximate surface area is 117 Å². The Morgan fingerprint density at radius 1 is 1.32 bits per heavy atom. The Bertz CT molecular complexity index is 598. The summed E-state index contributed by atoms with van der Waals surface area (Å²) in [6.07, 6.45) is 5.40. The minimum absolute atomic E-state index is 0.269. The van der Waals surface area contributed by atoms with Gasteiger partial charge in [-0.3, -0.25) is 4.98 Å². The molecular weight excluding hydrogens is 316 g/mol. The summed E-state index contributed by atoms with van der Waals surface area (Å²) >= 11 is 3.18. The normalized spacial score (nSPS) is 10.0. The van der Waals surface area contributed by atoms with Crippen LogP contribution in [0.15, 0.2) is 41.4 Å². The van der Waals surface area contributed by atoms with E-state index in [0.29, 0.717) is 20.7 Å². The van der Waals surface area contributed by atoms with E-state index >= 15 is 0 Å². The number of aromatic nitrogens is 2. The van der Waals surface area contributed by atoms with Gasteiger partial charge in [0, 0.05) is 12.3 Å². The summed E-state index contributed by atoms with van der Waals surface area (Å²) in [5, 5.41) is 11.2. The molecule has 0 N–H and O–H groups in total. The number of halogens is 1. The fourth-order valence-electron chi connectivity index (χ4n) is 1.39. The highest BCUT2D eigenvalue weighted by atomic mass is 79.9. The number of methoxy groups -OCH3 is 1. The van der Waals surface area contributed by atoms with Crippen LogP contribution in [0.1, 0.15) is 10.4 Å². The minimum Gasteiger partial charge on any atom is -0.619 e. The molecule has 6 nitrogen and oxygen atoms in total. The predicted octanol–water partition coefficient (Wildman–Crippen LogP) is 2.06. The lowest BCUT2D eigenvalue weighted by atomic mass is 10.3. The molecule has 0 saturated carbocycles. The first-order valence-corrected chi connectivity index (χ1v) is 5.98. The summed E-state index contributed by atoms with van der Waals surface area (Å²) in [6.45, 7) is 0. The number of carbonyl (C=O) groups excluding carboxylic acids is 1. The second-order valence-electron chi connectivity index (χ2n) is 3.55. The Balaban J connectivity index is 2.25. The van der Waals surface area contributed by atoms with Crippen LogP contribution < -0.4 is 9.47 Å². The van der Waals surface area contributed by atoms with E-state index in [1.54, 1.807) is 6.07 Å². The van der Waals surface area contributed by atoms with Gasteiger partial charge >= 0.3 is 5.97 Å². The first kappa shape index (κ1) is 13.3. The van der Waals surface area contributed by atoms with Crippen molar-refractivity contribution in [2.45, 2.75) is 0 Å². The van der Waals surface area contributed by atoms with Gasteiger partial charge in [0.25, 0.3) is 0 Å². The molecule has 0 unspecified atom stereocenters. The summed E-state index contributed by atoms with van der Waals surface area (Å²) < 4.78 is 11.2. The van der Waals surface area contributed by atoms with Gasteiger partial charge in [-0.05, 0) is 22.0 Å². The zero-order valence-corrected chi connectivity index (χ0v) is 11.5. The molecule has 2 rings (SSSR count). The number of ether oxygens (including phenoxy) is 2. The highest BCUT2D eigenvalue weighted by molar-refractivity contribution is 9.10. The van der Waals surface area contributed by atoms with Crippen LogP contribution in [0.25, 0.3) is 0 Å². The monoisotopic (exact) mass is 324 g/mol. The van der Waals surface area contributed by atoms with E-state index in [1.165, 1.54) is 38.0 Å². The average Bonchev–Trinajstić information content (AvgIpc) is 2.37. The van der Waals surface area contributed by atoms with Crippen molar-refractivity contribution in [1.82, 2.24) is 4.98 Å². The Kier molecular flexibility index (Phi) is 3.96. The van der Waals surface area contributed by atoms with Crippen LogP contribution in [-0.2, 0) is 4.74 Å². The van der Waals surface area contributed by atoms with E-state index in [1.807, 2.05) is 0 Å². The lowest BCUT2D eigenvalue weighted by Gasteiger charge is -2.06. The zero-order valence-electron chi connectivity index (χ0n) is 9.87. The third kappa shape index (κ3) is 3.41. The predicted molar refractivity (Wildman–Crippen MR) is 68.8 cm³/mol. The van der Waals surface area contributed by atoms with Gasteiger partial charge < -0.3 is 14.7 Å². The van der Waals surface area contributed by atoms with Crippen LogP contribution in [0.5, 0.6) is 11.5 Å². The van der Waals surface area contributed by atoms with Gasteiger partial charge in [0.1, 0.15) is 5.75 Å². The van der Waals surface area contributed by atoms with Crippen molar-refractivity contribution in [2.24, 2.45) is 0 Å². The number of hydrogen-bond donors (Lipinski definition) is 0. The van der Waals surface area contributed by atoms with Gasteiger partial charge in [0.15, 0.2) is 11.9 Å². The largest absolute Gasteiger partial charge is 0.619 e. The third-order valence-electron chi connectivity index (χ3n) is 2.16. The van der Waals surface area contributed by atoms with Gasteiger partial charge in [-0.1, -0.05) is 0 Å². The maximum Gasteiger partial charge on any atom is 0.339 e. The quantitative estimate of drug-likeness (QED) is 0.490. The molecule has 0 aliphatic heterocycles. The molecular formula is C12H9BrN2O4. The van der Waals surface area contributed by atoms with Gasteiger partial charge in [-0.2, -0.15) is 4.73 Å². The maximum absolute atomic E-state index is 11.3. The molecule has 0 radical (unpaired) electrons. The van der Waals surface area contributed by atoms with Crippen LogP contribution >= 0.6 is 15.9 Å². The summed E-state index contributed by atoms with van der Waals surface area (Å²) in [4.78, 5) is 15.2. The summed E-state index contributed by atoms with van der Waals surface area (Å²) in [5.41, 5.74) is 0.269. The van der Waals surface area contributed by atoms with Crippen molar-refractivity contribution in [2.75, 3.05) is 7.11 Å². The highest BCUT2D eigenvalue weighted by Crippen LogP contribution is 2.22. The van der Waals surface area contributed by atoms with Crippen LogP contribution in [0.4, 0.5) is 0 Å². The van der Waals surface area contributed by atoms with Crippen molar-refractivity contribution in [3.8, 4) is 11.5 Å². The lowest BCUT2D eigenvalue weighted by molar-refractivity contribution is -0.606. The van der Waals surface area contributed by atoms with Gasteiger partial charge in [-0.25, -0.2) is 4.79 Å². The zero-order chi connectivity index (χ0) is 13.8. The molecule has 2 aromatic rings. The number of esters is 1. The summed E-state index contributed by atoms with van der Waals surface area (Å²) in [6, 6.07) is 3.11. The van der Waals surface area contributed by atoms with E-state index in [-0.39, 0.29) is 5.56 Å². The van der Waals surface area contributed by atoms with Crippen LogP contribution in [-0.4, -0.2) is 18.1 Å². The highest BCUT2D eigenvalue weighted by Gasteiger charge is 2.09. The molecule has 0 amide bonds. The number of carbonyl (C=O) groups is 1. The second-order valence-corrected chi connectivity index (χ2v) is 4.47. The van der Waals surface area contributed by atoms with Crippen molar-refractivity contribution >= 4 is 21.9 Å². The van der Waals surface area contributed by atoms with E-state index in [0.717, 1.165) is 0 Å². The molecule has 0 aliphatic carbocycles. The van der Waals surface area contributed by atoms with Crippen molar-refractivity contribution in [3.05, 3.63) is 52.2 Å². The molecule has 0 aromatic carbocycles. The molecule has 0 atom stereocenters. The number of pyridine rings is 2. The molecule has 0 fully saturated rings. The van der Waals surface area contributed by atoms with Crippen LogP contribution in [0.2, 0.25) is 0 Å². The fourth-order valence-corrected chi connectivity index (χ4v) is 1.82. The van der Waals surface area contributed by atoms with Crippen molar-refractivity contribution in [1.29, 1.82) is 0 Å². The van der Waals surface area contributed by atoms with Gasteiger partial charge in [0.2, 0.25) is 6.20 Å². The van der Waals surface area contributed by atoms with E-state index in [4.69, 9.17) is 4.74 Å². The first-order valence-electron chi connectivity index (χ1n) is 5.19. The van der Waals surface area contributed by atoms with Crippen LogP contribution in [0.3, 0.4) is 0 Å².